The van der Waals surface area contributed by atoms with Gasteiger partial charge in [0.25, 0.3) is 0 Å². The first-order chi connectivity index (χ1) is 9.79. The van der Waals surface area contributed by atoms with Crippen LogP contribution in [-0.2, 0) is 14.9 Å². The fraction of sp³-hybridized carbons (Fsp3) is 0.133. The second-order valence-corrected chi connectivity index (χ2v) is 5.88. The Hall–Kier alpha value is -2.18. The maximum absolute atomic E-state index is 11.4. The van der Waals surface area contributed by atoms with E-state index in [0.717, 1.165) is 0 Å². The number of hydrogen-bond acceptors (Lipinski definition) is 5. The number of carbonyl (C=O) groups excluding carboxylic acids is 1. The summed E-state index contributed by atoms with van der Waals surface area (Å²) in [4.78, 5) is 10.8. The highest BCUT2D eigenvalue weighted by Gasteiger charge is 2.15. The van der Waals surface area contributed by atoms with E-state index in [4.69, 9.17) is 4.74 Å². The summed E-state index contributed by atoms with van der Waals surface area (Å²) in [5.74, 6) is -0.288. The maximum Gasteiger partial charge on any atom is 0.308 e. The third-order valence-corrected chi connectivity index (χ3v) is 3.76. The first-order valence-electron chi connectivity index (χ1n) is 6.13. The van der Waals surface area contributed by atoms with E-state index < -0.39 is 16.1 Å². The van der Waals surface area contributed by atoms with Crippen LogP contribution in [0.15, 0.2) is 47.4 Å². The topological polar surface area (TPSA) is 83.5 Å². The van der Waals surface area contributed by atoms with Gasteiger partial charge < -0.3 is 9.29 Å². The molecule has 0 fully saturated rings. The molecule has 2 aromatic rings. The second-order valence-electron chi connectivity index (χ2n) is 4.53. The van der Waals surface area contributed by atoms with Crippen molar-refractivity contribution >= 4 is 16.1 Å². The molecule has 21 heavy (non-hydrogen) atoms. The van der Waals surface area contributed by atoms with Crippen LogP contribution < -0.4 is 4.74 Å². The standard InChI is InChI=1S/C15H14O5S/c1-10-8-15(21(17,18)19)13(9-14(10)20-11(2)16)12-6-4-3-5-7-12/h3-9H,1-2H3,(H,17,18,19)/p-1. The van der Waals surface area contributed by atoms with Gasteiger partial charge in [0.2, 0.25) is 0 Å². The fourth-order valence-corrected chi connectivity index (χ4v) is 2.74. The molecular weight excluding hydrogens is 292 g/mol. The summed E-state index contributed by atoms with van der Waals surface area (Å²) in [5.41, 5.74) is 1.17. The van der Waals surface area contributed by atoms with Crippen LogP contribution in [0.4, 0.5) is 0 Å². The van der Waals surface area contributed by atoms with E-state index in [9.17, 15) is 17.8 Å². The summed E-state index contributed by atoms with van der Waals surface area (Å²) < 4.78 is 39.4. The first kappa shape index (κ1) is 15.2. The number of hydrogen-bond donors (Lipinski definition) is 0. The van der Waals surface area contributed by atoms with Crippen LogP contribution in [0.2, 0.25) is 0 Å². The molecule has 0 aliphatic carbocycles. The molecule has 2 rings (SSSR count). The van der Waals surface area contributed by atoms with E-state index in [1.807, 2.05) is 0 Å². The smallest absolute Gasteiger partial charge is 0.308 e. The number of carbonyl (C=O) groups is 1. The Kier molecular flexibility index (Phi) is 4.11. The molecule has 0 amide bonds. The van der Waals surface area contributed by atoms with E-state index in [2.05, 4.69) is 0 Å². The van der Waals surface area contributed by atoms with Crippen LogP contribution in [-0.4, -0.2) is 18.9 Å². The van der Waals surface area contributed by atoms with Crippen molar-refractivity contribution in [2.24, 2.45) is 0 Å². The maximum atomic E-state index is 11.4. The molecule has 0 saturated heterocycles. The van der Waals surface area contributed by atoms with Crippen LogP contribution in [0.1, 0.15) is 12.5 Å². The molecule has 0 saturated carbocycles. The van der Waals surface area contributed by atoms with E-state index in [0.29, 0.717) is 11.1 Å². The Morgan fingerprint density at radius 2 is 1.76 bits per heavy atom. The number of rotatable bonds is 3. The molecule has 0 aliphatic heterocycles. The van der Waals surface area contributed by atoms with Gasteiger partial charge in [-0.15, -0.1) is 0 Å². The predicted molar refractivity (Wildman–Crippen MR) is 75.9 cm³/mol. The summed E-state index contributed by atoms with van der Waals surface area (Å²) in [5, 5.41) is 0. The summed E-state index contributed by atoms with van der Waals surface area (Å²) in [6, 6.07) is 11.2. The normalized spacial score (nSPS) is 11.2. The van der Waals surface area contributed by atoms with E-state index in [-0.39, 0.29) is 16.2 Å². The minimum atomic E-state index is -4.64. The molecule has 5 nitrogen and oxygen atoms in total. The molecule has 2 aromatic carbocycles. The van der Waals surface area contributed by atoms with Crippen LogP contribution in [0.5, 0.6) is 5.75 Å². The lowest BCUT2D eigenvalue weighted by molar-refractivity contribution is -0.131. The van der Waals surface area contributed by atoms with Crippen molar-refractivity contribution in [2.75, 3.05) is 0 Å². The SMILES string of the molecule is CC(=O)Oc1cc(-c2ccccc2)c(S(=O)(=O)[O-])cc1C. The zero-order valence-electron chi connectivity index (χ0n) is 11.5. The predicted octanol–water partition coefficient (Wildman–Crippen LogP) is 2.49. The van der Waals surface area contributed by atoms with Crippen molar-refractivity contribution in [1.29, 1.82) is 0 Å². The lowest BCUT2D eigenvalue weighted by Crippen LogP contribution is -2.06. The third kappa shape index (κ3) is 3.48. The highest BCUT2D eigenvalue weighted by Crippen LogP contribution is 2.33. The van der Waals surface area contributed by atoms with Crippen LogP contribution >= 0.6 is 0 Å². The van der Waals surface area contributed by atoms with Crippen molar-refractivity contribution in [2.45, 2.75) is 18.7 Å². The minimum absolute atomic E-state index is 0.215. The molecule has 0 radical (unpaired) electrons. The number of aryl methyl sites for hydroxylation is 1. The molecule has 0 aliphatic rings. The van der Waals surface area contributed by atoms with Gasteiger partial charge in [0.1, 0.15) is 15.9 Å². The molecule has 6 heteroatoms. The van der Waals surface area contributed by atoms with Crippen molar-refractivity contribution in [3.63, 3.8) is 0 Å². The van der Waals surface area contributed by atoms with Crippen molar-refractivity contribution in [1.82, 2.24) is 0 Å². The molecule has 0 bridgehead atoms. The molecule has 0 atom stereocenters. The monoisotopic (exact) mass is 305 g/mol. The summed E-state index contributed by atoms with van der Waals surface area (Å²) >= 11 is 0. The van der Waals surface area contributed by atoms with Gasteiger partial charge in [-0.3, -0.25) is 4.79 Å². The molecular formula is C15H13O5S-. The van der Waals surface area contributed by atoms with Gasteiger partial charge in [-0.05, 0) is 30.2 Å². The Labute approximate surface area is 122 Å². The zero-order valence-corrected chi connectivity index (χ0v) is 12.3. The van der Waals surface area contributed by atoms with Crippen molar-refractivity contribution < 1.29 is 22.5 Å². The Bertz CT molecular complexity index is 779. The van der Waals surface area contributed by atoms with E-state index in [1.54, 1.807) is 37.3 Å². The Balaban J connectivity index is 2.73. The fourth-order valence-electron chi connectivity index (χ4n) is 1.98. The average Bonchev–Trinajstić information content (AvgIpc) is 2.40. The van der Waals surface area contributed by atoms with Gasteiger partial charge in [-0.25, -0.2) is 8.42 Å². The van der Waals surface area contributed by atoms with Crippen molar-refractivity contribution in [3.05, 3.63) is 48.0 Å². The van der Waals surface area contributed by atoms with Gasteiger partial charge in [0, 0.05) is 12.5 Å². The number of benzene rings is 2. The zero-order chi connectivity index (χ0) is 15.6. The number of ether oxygens (including phenoxy) is 1. The lowest BCUT2D eigenvalue weighted by Gasteiger charge is -2.16. The third-order valence-electron chi connectivity index (χ3n) is 2.88. The van der Waals surface area contributed by atoms with Gasteiger partial charge >= 0.3 is 5.97 Å². The van der Waals surface area contributed by atoms with Crippen LogP contribution in [0.25, 0.3) is 11.1 Å². The summed E-state index contributed by atoms with van der Waals surface area (Å²) in [6.07, 6.45) is 0. The van der Waals surface area contributed by atoms with E-state index >= 15 is 0 Å². The average molecular weight is 305 g/mol. The van der Waals surface area contributed by atoms with Gasteiger partial charge in [0.05, 0.1) is 4.90 Å². The largest absolute Gasteiger partial charge is 0.744 e. The van der Waals surface area contributed by atoms with E-state index in [1.165, 1.54) is 19.1 Å². The van der Waals surface area contributed by atoms with Gasteiger partial charge in [-0.2, -0.15) is 0 Å². The van der Waals surface area contributed by atoms with Gasteiger partial charge in [0.15, 0.2) is 0 Å². The molecule has 110 valence electrons. The first-order valence-corrected chi connectivity index (χ1v) is 7.54. The second kappa shape index (κ2) is 5.67. The minimum Gasteiger partial charge on any atom is -0.744 e. The molecule has 0 spiro atoms. The molecule has 0 N–H and O–H groups in total. The Morgan fingerprint density at radius 3 is 2.29 bits per heavy atom. The highest BCUT2D eigenvalue weighted by molar-refractivity contribution is 7.85. The highest BCUT2D eigenvalue weighted by atomic mass is 32.2. The number of esters is 1. The molecule has 0 unspecified atom stereocenters. The summed E-state index contributed by atoms with van der Waals surface area (Å²) in [7, 11) is -4.64. The molecule has 0 aromatic heterocycles. The van der Waals surface area contributed by atoms with Crippen LogP contribution in [0.3, 0.4) is 0 Å². The summed E-state index contributed by atoms with van der Waals surface area (Å²) in [6.45, 7) is 2.82. The Morgan fingerprint density at radius 1 is 1.14 bits per heavy atom. The molecule has 0 heterocycles. The van der Waals surface area contributed by atoms with Gasteiger partial charge in [-0.1, -0.05) is 30.3 Å². The van der Waals surface area contributed by atoms with Crippen LogP contribution in [0, 0.1) is 6.92 Å². The quantitative estimate of drug-likeness (QED) is 0.494. The van der Waals surface area contributed by atoms with Crippen molar-refractivity contribution in [3.8, 4) is 16.9 Å². The lowest BCUT2D eigenvalue weighted by atomic mass is 10.0.